The van der Waals surface area contributed by atoms with Gasteiger partial charge in [-0.1, -0.05) is 0 Å². The van der Waals surface area contributed by atoms with Crippen LogP contribution in [0.5, 0.6) is 23.1 Å². The molecule has 3 rings (SSSR count). The summed E-state index contributed by atoms with van der Waals surface area (Å²) in [5.74, 6) is 1.29. The first-order valence-corrected chi connectivity index (χ1v) is 11.1. The minimum Gasteiger partial charge on any atom is -0.493 e. The predicted molar refractivity (Wildman–Crippen MR) is 119 cm³/mol. The second-order valence-corrected chi connectivity index (χ2v) is 8.18. The van der Waals surface area contributed by atoms with Gasteiger partial charge in [0.1, 0.15) is 5.75 Å². The van der Waals surface area contributed by atoms with E-state index in [2.05, 4.69) is 15.0 Å². The van der Waals surface area contributed by atoms with Gasteiger partial charge in [0.25, 0.3) is 15.9 Å². The molecule has 3 aromatic rings. The summed E-state index contributed by atoms with van der Waals surface area (Å²) >= 11 is 0. The van der Waals surface area contributed by atoms with Crippen molar-refractivity contribution in [1.29, 1.82) is 0 Å². The quantitative estimate of drug-likeness (QED) is 0.506. The van der Waals surface area contributed by atoms with Gasteiger partial charge in [0.2, 0.25) is 5.88 Å². The monoisotopic (exact) mass is 457 g/mol. The van der Waals surface area contributed by atoms with Gasteiger partial charge in [0.05, 0.1) is 24.7 Å². The first-order valence-electron chi connectivity index (χ1n) is 9.63. The van der Waals surface area contributed by atoms with E-state index in [0.717, 1.165) is 0 Å². The molecule has 32 heavy (non-hydrogen) atoms. The number of aromatic nitrogens is 1. The number of carbonyl (C=O) groups is 1. The van der Waals surface area contributed by atoms with Crippen LogP contribution < -0.4 is 24.2 Å². The Kier molecular flexibility index (Phi) is 7.16. The predicted octanol–water partition coefficient (Wildman–Crippen LogP) is 3.44. The summed E-state index contributed by atoms with van der Waals surface area (Å²) in [5.41, 5.74) is 0.783. The Morgan fingerprint density at radius 3 is 2.28 bits per heavy atom. The fourth-order valence-corrected chi connectivity index (χ4v) is 3.82. The second kappa shape index (κ2) is 10.0. The largest absolute Gasteiger partial charge is 0.493 e. The van der Waals surface area contributed by atoms with Crippen molar-refractivity contribution in [2.24, 2.45) is 0 Å². The Hall–Kier alpha value is -3.79. The summed E-state index contributed by atoms with van der Waals surface area (Å²) in [5, 5.41) is 2.69. The van der Waals surface area contributed by atoms with Crippen LogP contribution in [0.1, 0.15) is 17.3 Å². The zero-order valence-electron chi connectivity index (χ0n) is 17.8. The smallest absolute Gasteiger partial charge is 0.262 e. The number of rotatable bonds is 9. The molecule has 0 saturated carbocycles. The lowest BCUT2D eigenvalue weighted by Gasteiger charge is -2.12. The molecule has 0 aliphatic carbocycles. The van der Waals surface area contributed by atoms with Gasteiger partial charge in [-0.25, -0.2) is 13.4 Å². The molecule has 0 aliphatic heterocycles. The van der Waals surface area contributed by atoms with Gasteiger partial charge < -0.3 is 19.5 Å². The molecule has 0 saturated heterocycles. The molecule has 10 heteroatoms. The second-order valence-electron chi connectivity index (χ2n) is 6.49. The third-order valence-corrected chi connectivity index (χ3v) is 5.71. The van der Waals surface area contributed by atoms with E-state index in [-0.39, 0.29) is 10.8 Å². The van der Waals surface area contributed by atoms with E-state index in [1.807, 2.05) is 6.92 Å². The number of hydrogen-bond acceptors (Lipinski definition) is 7. The van der Waals surface area contributed by atoms with Crippen molar-refractivity contribution in [1.82, 2.24) is 10.3 Å². The summed E-state index contributed by atoms with van der Waals surface area (Å²) in [6.07, 6.45) is 1.42. The van der Waals surface area contributed by atoms with Crippen LogP contribution in [0, 0.1) is 0 Å². The fraction of sp³-hybridized carbons (Fsp3) is 0.182. The van der Waals surface area contributed by atoms with Crippen molar-refractivity contribution in [2.75, 3.05) is 25.5 Å². The van der Waals surface area contributed by atoms with Crippen molar-refractivity contribution >= 4 is 21.6 Å². The number of pyridine rings is 1. The normalized spacial score (nSPS) is 10.8. The lowest BCUT2D eigenvalue weighted by molar-refractivity contribution is 0.0955. The number of amides is 1. The highest BCUT2D eigenvalue weighted by molar-refractivity contribution is 7.92. The first kappa shape index (κ1) is 22.9. The van der Waals surface area contributed by atoms with Gasteiger partial charge in [-0.05, 0) is 49.4 Å². The van der Waals surface area contributed by atoms with E-state index in [9.17, 15) is 13.2 Å². The summed E-state index contributed by atoms with van der Waals surface area (Å²) in [6.45, 7) is 2.36. The van der Waals surface area contributed by atoms with Crippen LogP contribution >= 0.6 is 0 Å². The highest BCUT2D eigenvalue weighted by Gasteiger charge is 2.17. The molecule has 1 heterocycles. The maximum absolute atomic E-state index is 12.7. The van der Waals surface area contributed by atoms with Gasteiger partial charge in [0, 0.05) is 30.6 Å². The van der Waals surface area contributed by atoms with E-state index in [4.69, 9.17) is 14.2 Å². The van der Waals surface area contributed by atoms with E-state index < -0.39 is 10.0 Å². The minimum atomic E-state index is -3.84. The summed E-state index contributed by atoms with van der Waals surface area (Å²) in [4.78, 5) is 15.9. The molecule has 0 aliphatic rings. The molecule has 0 atom stereocenters. The topological polar surface area (TPSA) is 116 Å². The molecule has 0 bridgehead atoms. The first-order chi connectivity index (χ1) is 15.4. The third kappa shape index (κ3) is 5.46. The average Bonchev–Trinajstić information content (AvgIpc) is 2.80. The van der Waals surface area contributed by atoms with Crippen molar-refractivity contribution in [3.8, 4) is 23.1 Å². The number of carbonyl (C=O) groups excluding carboxylic acids is 1. The number of sulfonamides is 1. The van der Waals surface area contributed by atoms with Crippen molar-refractivity contribution in [3.63, 3.8) is 0 Å². The molecule has 2 aromatic carbocycles. The molecule has 1 amide bonds. The summed E-state index contributed by atoms with van der Waals surface area (Å²) in [6, 6.07) is 13.9. The van der Waals surface area contributed by atoms with Crippen LogP contribution in [0.2, 0.25) is 0 Å². The Labute approximate surface area is 186 Å². The van der Waals surface area contributed by atoms with E-state index in [1.165, 1.54) is 38.6 Å². The van der Waals surface area contributed by atoms with Gasteiger partial charge >= 0.3 is 0 Å². The highest BCUT2D eigenvalue weighted by atomic mass is 32.2. The van der Waals surface area contributed by atoms with Crippen LogP contribution in [-0.4, -0.2) is 40.1 Å². The van der Waals surface area contributed by atoms with E-state index in [1.54, 1.807) is 36.4 Å². The Balaban J connectivity index is 1.68. The minimum absolute atomic E-state index is 0.0341. The average molecular weight is 458 g/mol. The summed E-state index contributed by atoms with van der Waals surface area (Å²) < 4.78 is 43.8. The van der Waals surface area contributed by atoms with Crippen LogP contribution in [0.15, 0.2) is 65.7 Å². The molecule has 1 aromatic heterocycles. The maximum Gasteiger partial charge on any atom is 0.262 e. The van der Waals surface area contributed by atoms with Crippen molar-refractivity contribution < 1.29 is 27.4 Å². The lowest BCUT2D eigenvalue weighted by Crippen LogP contribution is -2.22. The van der Waals surface area contributed by atoms with Gasteiger partial charge in [-0.2, -0.15) is 0 Å². The zero-order valence-corrected chi connectivity index (χ0v) is 18.6. The molecule has 168 valence electrons. The molecule has 0 unspecified atom stereocenters. The molecule has 0 spiro atoms. The SMILES string of the molecule is CCNC(=O)c1ccc(Oc2ccc(NS(=O)(=O)c3ccc(OC)c(OC)c3)cc2)nc1. The lowest BCUT2D eigenvalue weighted by atomic mass is 10.2. The number of anilines is 1. The van der Waals surface area contributed by atoms with Gasteiger partial charge in [0.15, 0.2) is 11.5 Å². The Morgan fingerprint density at radius 1 is 0.969 bits per heavy atom. The number of nitrogens with one attached hydrogen (secondary N) is 2. The number of ether oxygens (including phenoxy) is 3. The van der Waals surface area contributed by atoms with Crippen LogP contribution in [0.3, 0.4) is 0 Å². The Morgan fingerprint density at radius 2 is 1.69 bits per heavy atom. The van der Waals surface area contributed by atoms with Crippen LogP contribution in [0.4, 0.5) is 5.69 Å². The highest BCUT2D eigenvalue weighted by Crippen LogP contribution is 2.30. The van der Waals surface area contributed by atoms with Crippen molar-refractivity contribution in [3.05, 3.63) is 66.4 Å². The molecular formula is C22H23N3O6S. The number of benzene rings is 2. The maximum atomic E-state index is 12.7. The number of methoxy groups -OCH3 is 2. The standard InChI is InChI=1S/C22H23N3O6S/c1-4-23-22(26)15-5-12-21(24-14-15)31-17-8-6-16(7-9-17)25-32(27,28)18-10-11-19(29-2)20(13-18)30-3/h5-14,25H,4H2,1-3H3,(H,23,26). The molecule has 2 N–H and O–H groups in total. The van der Waals surface area contributed by atoms with Gasteiger partial charge in [-0.15, -0.1) is 0 Å². The van der Waals surface area contributed by atoms with Crippen LogP contribution in [0.25, 0.3) is 0 Å². The summed E-state index contributed by atoms with van der Waals surface area (Å²) in [7, 11) is -0.930. The zero-order chi connectivity index (χ0) is 23.1. The fourth-order valence-electron chi connectivity index (χ4n) is 2.75. The van der Waals surface area contributed by atoms with Gasteiger partial charge in [-0.3, -0.25) is 9.52 Å². The van der Waals surface area contributed by atoms with E-state index in [0.29, 0.717) is 40.9 Å². The molecule has 0 radical (unpaired) electrons. The van der Waals surface area contributed by atoms with E-state index >= 15 is 0 Å². The number of hydrogen-bond donors (Lipinski definition) is 2. The third-order valence-electron chi connectivity index (χ3n) is 4.33. The molecule has 9 nitrogen and oxygen atoms in total. The Bertz CT molecular complexity index is 1180. The van der Waals surface area contributed by atoms with Crippen molar-refractivity contribution in [2.45, 2.75) is 11.8 Å². The number of nitrogens with zero attached hydrogens (tertiary/aromatic N) is 1. The van der Waals surface area contributed by atoms with Crippen LogP contribution in [-0.2, 0) is 10.0 Å². The molecular weight excluding hydrogens is 434 g/mol. The molecule has 0 fully saturated rings.